The lowest BCUT2D eigenvalue weighted by Crippen LogP contribution is -2.32. The van der Waals surface area contributed by atoms with E-state index in [2.05, 4.69) is 133 Å². The van der Waals surface area contributed by atoms with Crippen molar-refractivity contribution in [3.8, 4) is 0 Å². The van der Waals surface area contributed by atoms with Gasteiger partial charge in [-0.25, -0.2) is 0 Å². The summed E-state index contributed by atoms with van der Waals surface area (Å²) in [7, 11) is 0. The highest BCUT2D eigenvalue weighted by atomic mass is 35.5. The monoisotopic (exact) mass is 1090 g/mol. The molecule has 0 aliphatic heterocycles. The number of hydrogen-bond acceptors (Lipinski definition) is 6. The first-order chi connectivity index (χ1) is 32.1. The Morgan fingerprint density at radius 2 is 0.648 bits per heavy atom. The molecule has 0 saturated heterocycles. The van der Waals surface area contributed by atoms with Crippen LogP contribution >= 0.6 is 72.8 Å². The number of fused-ring (bicyclic) bond motifs is 10. The van der Waals surface area contributed by atoms with E-state index in [4.69, 9.17) is 23.2 Å². The lowest BCUT2D eigenvalue weighted by atomic mass is 10.1. The average Bonchev–Trinajstić information content (AvgIpc) is 3.86. The molecular formula is C54H76Cl6N8O3. The van der Waals surface area contributed by atoms with Gasteiger partial charge in [0.05, 0.1) is 11.0 Å². The van der Waals surface area contributed by atoms with E-state index in [0.717, 1.165) is 157 Å². The Balaban J connectivity index is 0.000000455. The van der Waals surface area contributed by atoms with Crippen molar-refractivity contribution in [3.05, 3.63) is 116 Å². The minimum absolute atomic E-state index is 0. The van der Waals surface area contributed by atoms with E-state index < -0.39 is 0 Å². The summed E-state index contributed by atoms with van der Waals surface area (Å²) in [5.41, 5.74) is 5.88. The third-order valence-corrected chi connectivity index (χ3v) is 14.5. The molecule has 4 heterocycles. The number of nitrogens with zero attached hydrogens (tertiary/aromatic N) is 8. The van der Waals surface area contributed by atoms with Gasteiger partial charge in [-0.15, -0.1) is 49.6 Å². The van der Waals surface area contributed by atoms with Crippen molar-refractivity contribution >= 4 is 138 Å². The van der Waals surface area contributed by atoms with Crippen LogP contribution in [0.2, 0.25) is 10.0 Å². The normalized spacial score (nSPS) is 11.4. The zero-order valence-corrected chi connectivity index (χ0v) is 47.5. The van der Waals surface area contributed by atoms with Crippen molar-refractivity contribution in [2.75, 3.05) is 78.5 Å². The number of pyridine rings is 2. The van der Waals surface area contributed by atoms with E-state index in [1.165, 1.54) is 0 Å². The van der Waals surface area contributed by atoms with Crippen LogP contribution in [0.4, 0.5) is 0 Å². The second-order valence-corrected chi connectivity index (χ2v) is 18.0. The molecular weight excluding hydrogens is 1020 g/mol. The Hall–Kier alpha value is -3.56. The molecule has 17 heteroatoms. The van der Waals surface area contributed by atoms with E-state index in [9.17, 15) is 9.59 Å². The number of aromatic nitrogens is 4. The molecule has 8 aromatic rings. The number of benzene rings is 4. The fourth-order valence-electron chi connectivity index (χ4n) is 9.99. The highest BCUT2D eigenvalue weighted by molar-refractivity contribution is 6.33. The quantitative estimate of drug-likeness (QED) is 0.0754. The second kappa shape index (κ2) is 29.4. The Kier molecular flexibility index (Phi) is 26.3. The average molecular weight is 1100 g/mol. The summed E-state index contributed by atoms with van der Waals surface area (Å²) in [6, 6.07) is 28.6. The van der Waals surface area contributed by atoms with E-state index in [-0.39, 0.29) is 66.2 Å². The van der Waals surface area contributed by atoms with Crippen molar-refractivity contribution in [1.82, 2.24) is 37.9 Å². The van der Waals surface area contributed by atoms with Crippen LogP contribution in [0.3, 0.4) is 0 Å². The van der Waals surface area contributed by atoms with Crippen LogP contribution in [-0.2, 0) is 26.2 Å². The van der Waals surface area contributed by atoms with Crippen LogP contribution in [0.25, 0.3) is 65.4 Å². The molecule has 0 aliphatic rings. The van der Waals surface area contributed by atoms with Crippen LogP contribution < -0.4 is 11.1 Å². The summed E-state index contributed by atoms with van der Waals surface area (Å²) in [5.74, 6) is 0. The molecule has 4 aromatic heterocycles. The van der Waals surface area contributed by atoms with Crippen molar-refractivity contribution in [1.29, 1.82) is 0 Å². The minimum atomic E-state index is 0. The van der Waals surface area contributed by atoms with Crippen LogP contribution in [-0.4, -0.2) is 122 Å². The summed E-state index contributed by atoms with van der Waals surface area (Å²) < 4.78 is 8.39. The van der Waals surface area contributed by atoms with Gasteiger partial charge in [0, 0.05) is 106 Å². The highest BCUT2D eigenvalue weighted by Crippen LogP contribution is 2.36. The van der Waals surface area contributed by atoms with Gasteiger partial charge in [-0.05, 0) is 101 Å². The van der Waals surface area contributed by atoms with E-state index >= 15 is 0 Å². The van der Waals surface area contributed by atoms with Gasteiger partial charge in [0.1, 0.15) is 11.0 Å². The predicted molar refractivity (Wildman–Crippen MR) is 316 cm³/mol. The van der Waals surface area contributed by atoms with E-state index in [1.807, 2.05) is 45.5 Å². The van der Waals surface area contributed by atoms with Crippen LogP contribution in [0.5, 0.6) is 0 Å². The highest BCUT2D eigenvalue weighted by Gasteiger charge is 2.22. The van der Waals surface area contributed by atoms with Gasteiger partial charge < -0.3 is 43.3 Å². The molecule has 0 amide bonds. The maximum absolute atomic E-state index is 14.1. The van der Waals surface area contributed by atoms with Gasteiger partial charge in [-0.1, -0.05) is 115 Å². The third-order valence-electron chi connectivity index (χ3n) is 14.0. The van der Waals surface area contributed by atoms with Crippen LogP contribution in [0.1, 0.15) is 55.4 Å². The first-order valence-electron chi connectivity index (χ1n) is 24.4. The smallest absolute Gasteiger partial charge is 0.275 e. The second-order valence-electron chi connectivity index (χ2n) is 17.1. The lowest BCUT2D eigenvalue weighted by molar-refractivity contribution is 0.290. The number of halogens is 6. The van der Waals surface area contributed by atoms with Crippen molar-refractivity contribution in [3.63, 3.8) is 0 Å². The molecule has 2 N–H and O–H groups in total. The molecule has 0 fully saturated rings. The molecule has 0 aliphatic carbocycles. The number of likely N-dealkylation sites (N-methyl/N-ethyl adjacent to an activating group) is 4. The zero-order valence-electron chi connectivity index (χ0n) is 42.7. The van der Waals surface area contributed by atoms with E-state index in [0.29, 0.717) is 23.1 Å². The molecule has 11 nitrogen and oxygen atoms in total. The van der Waals surface area contributed by atoms with Crippen molar-refractivity contribution in [2.45, 2.75) is 81.6 Å². The molecule has 0 saturated carbocycles. The molecule has 8 rings (SSSR count). The van der Waals surface area contributed by atoms with Crippen molar-refractivity contribution < 1.29 is 5.48 Å². The van der Waals surface area contributed by atoms with Crippen molar-refractivity contribution in [2.24, 2.45) is 0 Å². The minimum Gasteiger partial charge on any atom is -0.412 e. The Morgan fingerprint density at radius 3 is 0.944 bits per heavy atom. The third kappa shape index (κ3) is 13.2. The Labute approximate surface area is 454 Å². The molecule has 0 bridgehead atoms. The molecule has 0 atom stereocenters. The van der Waals surface area contributed by atoms with Gasteiger partial charge in [-0.2, -0.15) is 0 Å². The maximum atomic E-state index is 14.1. The van der Waals surface area contributed by atoms with Gasteiger partial charge in [0.25, 0.3) is 11.1 Å². The Morgan fingerprint density at radius 1 is 0.380 bits per heavy atom. The standard InChI is InChI=1S/2C27H35ClN4O.4ClH.H2O/c2*1-5-29(6-2)15-17-31-23-12-10-9-11-21(23)25-22-19-20(28)13-14-24(22)32(27(33)26(25)31)18-16-30(7-3)8-4;;;;;/h2*9-14,19H,5-8,15-18H2,1-4H3;4*1H;1H2. The van der Waals surface area contributed by atoms with Gasteiger partial charge in [0.15, 0.2) is 0 Å². The number of rotatable bonds is 20. The molecule has 0 radical (unpaired) electrons. The summed E-state index contributed by atoms with van der Waals surface area (Å²) in [6.45, 7) is 31.7. The largest absolute Gasteiger partial charge is 0.412 e. The summed E-state index contributed by atoms with van der Waals surface area (Å²) >= 11 is 12.9. The molecule has 0 unspecified atom stereocenters. The summed E-state index contributed by atoms with van der Waals surface area (Å²) in [6.07, 6.45) is 0. The fourth-order valence-corrected chi connectivity index (χ4v) is 10.3. The zero-order chi connectivity index (χ0) is 47.1. The van der Waals surface area contributed by atoms with Crippen LogP contribution in [0, 0.1) is 0 Å². The predicted octanol–water partition coefficient (Wildman–Crippen LogP) is 11.8. The number of hydrogen-bond donors (Lipinski definition) is 0. The molecule has 0 spiro atoms. The summed E-state index contributed by atoms with van der Waals surface area (Å²) in [5, 5.41) is 7.76. The molecule has 4 aromatic carbocycles. The fraction of sp³-hybridized carbons (Fsp3) is 0.444. The topological polar surface area (TPSA) is 98.3 Å². The van der Waals surface area contributed by atoms with E-state index in [1.54, 1.807) is 0 Å². The molecule has 71 heavy (non-hydrogen) atoms. The van der Waals surface area contributed by atoms with Gasteiger partial charge >= 0.3 is 0 Å². The van der Waals surface area contributed by atoms with Gasteiger partial charge in [-0.3, -0.25) is 9.59 Å². The maximum Gasteiger partial charge on any atom is 0.275 e. The first-order valence-corrected chi connectivity index (χ1v) is 25.2. The van der Waals surface area contributed by atoms with Crippen LogP contribution in [0.15, 0.2) is 94.5 Å². The first kappa shape index (κ1) is 63.6. The Bertz CT molecular complexity index is 2860. The van der Waals surface area contributed by atoms with Gasteiger partial charge in [0.2, 0.25) is 0 Å². The lowest BCUT2D eigenvalue weighted by Gasteiger charge is -2.21. The molecule has 392 valence electrons. The number of para-hydroxylation sites is 2. The SMILES string of the molecule is CCN(CC)CCn1c(=O)c2c(c3cc(Cl)ccc31)c1ccccc1n2CCN(CC)CC.CCN(CC)CCn1c(=O)c2c(c3cc(Cl)ccc31)c1ccccc1n2CCN(CC)CC.Cl.Cl.Cl.Cl.O. The summed E-state index contributed by atoms with van der Waals surface area (Å²) in [4.78, 5) is 37.6.